The van der Waals surface area contributed by atoms with E-state index in [1.807, 2.05) is 11.8 Å². The number of carbonyl (C=O) groups excluding carboxylic acids is 1. The lowest BCUT2D eigenvalue weighted by Crippen LogP contribution is -2.48. The highest BCUT2D eigenvalue weighted by Gasteiger charge is 2.31. The minimum Gasteiger partial charge on any atom is -0.495 e. The van der Waals surface area contributed by atoms with Gasteiger partial charge in [0.1, 0.15) is 16.7 Å². The summed E-state index contributed by atoms with van der Waals surface area (Å²) >= 11 is 0. The van der Waals surface area contributed by atoms with Crippen LogP contribution in [0.3, 0.4) is 0 Å². The molecule has 0 unspecified atom stereocenters. The van der Waals surface area contributed by atoms with Crippen LogP contribution in [0, 0.1) is 11.8 Å². The average Bonchev–Trinajstić information content (AvgIpc) is 2.73. The van der Waals surface area contributed by atoms with Gasteiger partial charge >= 0.3 is 0 Å². The molecule has 3 atom stereocenters. The summed E-state index contributed by atoms with van der Waals surface area (Å²) in [4.78, 5) is 14.9. The lowest BCUT2D eigenvalue weighted by Gasteiger charge is -2.36. The van der Waals surface area contributed by atoms with Crippen LogP contribution in [0.25, 0.3) is 0 Å². The van der Waals surface area contributed by atoms with Gasteiger partial charge in [0, 0.05) is 31.9 Å². The van der Waals surface area contributed by atoms with Crippen molar-refractivity contribution in [2.24, 2.45) is 11.8 Å². The van der Waals surface area contributed by atoms with Gasteiger partial charge in [-0.2, -0.15) is 4.31 Å². The normalized spacial score (nSPS) is 24.3. The fraction of sp³-hybridized carbons (Fsp3) is 0.667. The summed E-state index contributed by atoms with van der Waals surface area (Å²) in [6.07, 6.45) is 1.13. The van der Waals surface area contributed by atoms with Crippen LogP contribution in [0.1, 0.15) is 27.2 Å². The number of rotatable bonds is 6. The Bertz CT molecular complexity index is 844. The highest BCUT2D eigenvalue weighted by Crippen LogP contribution is 2.30. The van der Waals surface area contributed by atoms with Gasteiger partial charge in [0.25, 0.3) is 0 Å². The second-order valence-corrected chi connectivity index (χ2v) is 10.3. The number of sulfonamides is 1. The Balaban J connectivity index is 1.78. The van der Waals surface area contributed by atoms with Gasteiger partial charge in [0.05, 0.1) is 20.3 Å². The maximum absolute atomic E-state index is 13.1. The molecule has 0 aliphatic carbocycles. The molecule has 0 saturated carbocycles. The summed E-state index contributed by atoms with van der Waals surface area (Å²) in [6.45, 7) is 9.03. The summed E-state index contributed by atoms with van der Waals surface area (Å²) in [5, 5.41) is 3.18. The molecule has 1 N–H and O–H groups in total. The van der Waals surface area contributed by atoms with Crippen LogP contribution in [0.5, 0.6) is 5.75 Å². The number of likely N-dealkylation sites (tertiary alicyclic amines) is 1. The predicted octanol–water partition coefficient (Wildman–Crippen LogP) is 2.02. The van der Waals surface area contributed by atoms with Crippen LogP contribution >= 0.6 is 0 Å². The molecule has 0 bridgehead atoms. The van der Waals surface area contributed by atoms with Crippen LogP contribution in [0.2, 0.25) is 0 Å². The molecule has 0 aromatic heterocycles. The van der Waals surface area contributed by atoms with Crippen molar-refractivity contribution >= 4 is 21.6 Å². The zero-order valence-corrected chi connectivity index (χ0v) is 19.1. The minimum atomic E-state index is -3.73. The van der Waals surface area contributed by atoms with Crippen molar-refractivity contribution in [2.75, 3.05) is 51.8 Å². The fourth-order valence-corrected chi connectivity index (χ4v) is 5.91. The lowest BCUT2D eigenvalue weighted by atomic mass is 9.91. The van der Waals surface area contributed by atoms with Gasteiger partial charge in [-0.3, -0.25) is 4.79 Å². The van der Waals surface area contributed by atoms with Crippen LogP contribution in [-0.2, 0) is 19.6 Å². The molecule has 9 heteroatoms. The van der Waals surface area contributed by atoms with E-state index in [2.05, 4.69) is 19.2 Å². The quantitative estimate of drug-likeness (QED) is 0.730. The number of piperidine rings is 1. The molecular formula is C21H33N3O5S. The number of methoxy groups -OCH3 is 1. The number of amides is 1. The van der Waals surface area contributed by atoms with Crippen molar-refractivity contribution < 1.29 is 22.7 Å². The molecule has 3 rings (SSSR count). The molecule has 1 amide bonds. The Labute approximate surface area is 179 Å². The van der Waals surface area contributed by atoms with Crippen molar-refractivity contribution in [3.05, 3.63) is 18.2 Å². The Kier molecular flexibility index (Phi) is 7.26. The van der Waals surface area contributed by atoms with E-state index >= 15 is 0 Å². The number of ether oxygens (including phenoxy) is 2. The number of hydrogen-bond acceptors (Lipinski definition) is 6. The van der Waals surface area contributed by atoms with Crippen LogP contribution in [-0.4, -0.2) is 76.1 Å². The highest BCUT2D eigenvalue weighted by molar-refractivity contribution is 7.89. The first-order valence-corrected chi connectivity index (χ1v) is 12.0. The minimum absolute atomic E-state index is 0.0294. The molecule has 1 aromatic carbocycles. The van der Waals surface area contributed by atoms with Crippen LogP contribution < -0.4 is 10.1 Å². The number of nitrogens with zero attached hydrogens (tertiary/aromatic N) is 2. The summed E-state index contributed by atoms with van der Waals surface area (Å²) in [6, 6.07) is 4.45. The second-order valence-electron chi connectivity index (χ2n) is 8.44. The molecule has 0 radical (unpaired) electrons. The van der Waals surface area contributed by atoms with Gasteiger partial charge < -0.3 is 19.7 Å². The highest BCUT2D eigenvalue weighted by atomic mass is 32.2. The molecule has 2 saturated heterocycles. The first kappa shape index (κ1) is 22.8. The summed E-state index contributed by atoms with van der Waals surface area (Å²) < 4.78 is 38.3. The first-order chi connectivity index (χ1) is 14.2. The zero-order valence-electron chi connectivity index (χ0n) is 18.3. The molecule has 2 heterocycles. The standard InChI is InChI=1S/C21H33N3O5S/c1-15-11-16(2)14-23(13-15)21(25)17(3)22-18-5-6-19(28-4)20(12-18)30(26,27)24-7-9-29-10-8-24/h5-6,12,15-17,22H,7-11,13-14H2,1-4H3/t15-,16-,17+/m0/s1. The Hall–Kier alpha value is -1.84. The third-order valence-electron chi connectivity index (χ3n) is 5.69. The van der Waals surface area contributed by atoms with Crippen LogP contribution in [0.4, 0.5) is 5.69 Å². The fourth-order valence-electron chi connectivity index (χ4n) is 4.32. The molecule has 30 heavy (non-hydrogen) atoms. The van der Waals surface area contributed by atoms with Gasteiger partial charge in [0.15, 0.2) is 0 Å². The summed E-state index contributed by atoms with van der Waals surface area (Å²) in [5.41, 5.74) is 0.571. The van der Waals surface area contributed by atoms with E-state index in [1.165, 1.54) is 11.4 Å². The average molecular weight is 440 g/mol. The van der Waals surface area contributed by atoms with Crippen molar-refractivity contribution in [1.29, 1.82) is 0 Å². The van der Waals surface area contributed by atoms with Crippen LogP contribution in [0.15, 0.2) is 23.1 Å². The first-order valence-electron chi connectivity index (χ1n) is 10.5. The Morgan fingerprint density at radius 1 is 1.20 bits per heavy atom. The van der Waals surface area contributed by atoms with E-state index in [1.54, 1.807) is 18.2 Å². The largest absolute Gasteiger partial charge is 0.495 e. The topological polar surface area (TPSA) is 88.2 Å². The third-order valence-corrected chi connectivity index (χ3v) is 7.61. The SMILES string of the molecule is COc1ccc(N[C@H](C)C(=O)N2C[C@@H](C)C[C@H](C)C2)cc1S(=O)(=O)N1CCOCC1. The van der Waals surface area contributed by atoms with Crippen molar-refractivity contribution in [3.8, 4) is 5.75 Å². The second kappa shape index (κ2) is 9.53. The van der Waals surface area contributed by atoms with Gasteiger partial charge in [-0.05, 0) is 43.4 Å². The monoisotopic (exact) mass is 439 g/mol. The van der Waals surface area contributed by atoms with E-state index in [0.29, 0.717) is 43.8 Å². The van der Waals surface area contributed by atoms with Crippen molar-refractivity contribution in [1.82, 2.24) is 9.21 Å². The Morgan fingerprint density at radius 2 is 1.83 bits per heavy atom. The number of benzene rings is 1. The number of morpholine rings is 1. The van der Waals surface area contributed by atoms with E-state index in [0.717, 1.165) is 19.5 Å². The van der Waals surface area contributed by atoms with E-state index in [9.17, 15) is 13.2 Å². The van der Waals surface area contributed by atoms with Gasteiger partial charge in [-0.25, -0.2) is 8.42 Å². The molecule has 8 nitrogen and oxygen atoms in total. The number of hydrogen-bond donors (Lipinski definition) is 1. The van der Waals surface area contributed by atoms with Gasteiger partial charge in [-0.15, -0.1) is 0 Å². The molecule has 2 fully saturated rings. The molecule has 0 spiro atoms. The predicted molar refractivity (Wildman–Crippen MR) is 115 cm³/mol. The van der Waals surface area contributed by atoms with Crippen molar-refractivity contribution in [3.63, 3.8) is 0 Å². The molecular weight excluding hydrogens is 406 g/mol. The lowest BCUT2D eigenvalue weighted by molar-refractivity contribution is -0.134. The zero-order chi connectivity index (χ0) is 21.9. The smallest absolute Gasteiger partial charge is 0.246 e. The maximum atomic E-state index is 13.1. The Morgan fingerprint density at radius 3 is 2.43 bits per heavy atom. The third kappa shape index (κ3) is 5.07. The molecule has 2 aliphatic heterocycles. The molecule has 2 aliphatic rings. The molecule has 168 valence electrons. The summed E-state index contributed by atoms with van der Waals surface area (Å²) in [5.74, 6) is 1.28. The van der Waals surface area contributed by atoms with Gasteiger partial charge in [0.2, 0.25) is 15.9 Å². The number of nitrogens with one attached hydrogen (secondary N) is 1. The number of carbonyl (C=O) groups is 1. The van der Waals surface area contributed by atoms with Gasteiger partial charge in [-0.1, -0.05) is 13.8 Å². The van der Waals surface area contributed by atoms with E-state index < -0.39 is 16.1 Å². The van der Waals surface area contributed by atoms with Crippen molar-refractivity contribution in [2.45, 2.75) is 38.1 Å². The summed E-state index contributed by atoms with van der Waals surface area (Å²) in [7, 11) is -2.28. The van der Waals surface area contributed by atoms with E-state index in [-0.39, 0.29) is 16.6 Å². The number of anilines is 1. The van der Waals surface area contributed by atoms with E-state index in [4.69, 9.17) is 9.47 Å². The molecule has 1 aromatic rings. The maximum Gasteiger partial charge on any atom is 0.246 e.